The highest BCUT2D eigenvalue weighted by Gasteiger charge is 2.31. The lowest BCUT2D eigenvalue weighted by atomic mass is 10.1. The fraction of sp³-hybridized carbons (Fsp3) is 0.160. The zero-order valence-electron chi connectivity index (χ0n) is 18.3. The smallest absolute Gasteiger partial charge is 0.416 e. The van der Waals surface area contributed by atoms with Gasteiger partial charge in [-0.2, -0.15) is 22.9 Å². The van der Waals surface area contributed by atoms with Gasteiger partial charge in [0.25, 0.3) is 5.56 Å². The van der Waals surface area contributed by atoms with Crippen LogP contribution in [0.4, 0.5) is 13.2 Å². The number of nitrogens with zero attached hydrogens (tertiary/aromatic N) is 3. The second kappa shape index (κ2) is 9.38. The van der Waals surface area contributed by atoms with Crippen molar-refractivity contribution in [2.75, 3.05) is 13.7 Å². The van der Waals surface area contributed by atoms with Gasteiger partial charge in [0.1, 0.15) is 0 Å². The van der Waals surface area contributed by atoms with E-state index >= 15 is 0 Å². The van der Waals surface area contributed by atoms with Crippen LogP contribution in [0, 0.1) is 0 Å². The summed E-state index contributed by atoms with van der Waals surface area (Å²) < 4.78 is 52.0. The van der Waals surface area contributed by atoms with E-state index in [0.717, 1.165) is 16.8 Å². The maximum absolute atomic E-state index is 13.3. The number of ether oxygens (including phenoxy) is 2. The van der Waals surface area contributed by atoms with E-state index in [0.29, 0.717) is 29.2 Å². The summed E-state index contributed by atoms with van der Waals surface area (Å²) in [6.45, 7) is 2.19. The first-order valence-corrected chi connectivity index (χ1v) is 10.4. The van der Waals surface area contributed by atoms with E-state index in [-0.39, 0.29) is 16.8 Å². The molecule has 0 saturated heterocycles. The molecule has 4 rings (SSSR count). The lowest BCUT2D eigenvalue weighted by molar-refractivity contribution is -0.137. The van der Waals surface area contributed by atoms with Crippen LogP contribution >= 0.6 is 0 Å². The van der Waals surface area contributed by atoms with Crippen LogP contribution in [0.5, 0.6) is 11.5 Å². The van der Waals surface area contributed by atoms with Crippen LogP contribution in [-0.2, 0) is 6.18 Å². The van der Waals surface area contributed by atoms with E-state index in [1.165, 1.54) is 25.5 Å². The van der Waals surface area contributed by atoms with Gasteiger partial charge in [-0.1, -0.05) is 30.3 Å². The van der Waals surface area contributed by atoms with Crippen molar-refractivity contribution in [2.24, 2.45) is 5.10 Å². The molecule has 0 N–H and O–H groups in total. The summed E-state index contributed by atoms with van der Waals surface area (Å²) in [5.74, 6) is 0.887. The van der Waals surface area contributed by atoms with Gasteiger partial charge < -0.3 is 9.47 Å². The normalized spacial score (nSPS) is 11.8. The van der Waals surface area contributed by atoms with Crippen LogP contribution in [0.25, 0.3) is 22.3 Å². The molecule has 1 heterocycles. The van der Waals surface area contributed by atoms with E-state index in [2.05, 4.69) is 10.1 Å². The Kier molecular flexibility index (Phi) is 6.36. The minimum atomic E-state index is -4.55. The molecule has 1 aromatic heterocycles. The van der Waals surface area contributed by atoms with Gasteiger partial charge in [-0.3, -0.25) is 4.79 Å². The number of aromatic nitrogens is 2. The molecular formula is C25H20F3N3O3. The number of halogens is 3. The first-order valence-electron chi connectivity index (χ1n) is 10.4. The summed E-state index contributed by atoms with van der Waals surface area (Å²) in [4.78, 5) is 17.8. The molecule has 174 valence electrons. The Morgan fingerprint density at radius 1 is 1.06 bits per heavy atom. The predicted molar refractivity (Wildman–Crippen MR) is 124 cm³/mol. The number of hydrogen-bond donors (Lipinski definition) is 0. The van der Waals surface area contributed by atoms with Crippen molar-refractivity contribution in [1.29, 1.82) is 0 Å². The molecule has 0 fully saturated rings. The average molecular weight is 467 g/mol. The quantitative estimate of drug-likeness (QED) is 0.358. The summed E-state index contributed by atoms with van der Waals surface area (Å²) in [5, 5.41) is 4.60. The molecular weight excluding hydrogens is 447 g/mol. The Morgan fingerprint density at radius 2 is 1.82 bits per heavy atom. The molecule has 0 radical (unpaired) electrons. The van der Waals surface area contributed by atoms with Crippen molar-refractivity contribution in [3.8, 4) is 22.9 Å². The summed E-state index contributed by atoms with van der Waals surface area (Å²) in [6, 6.07) is 16.4. The Hall–Kier alpha value is -4.14. The summed E-state index contributed by atoms with van der Waals surface area (Å²) in [6.07, 6.45) is -3.16. The summed E-state index contributed by atoms with van der Waals surface area (Å²) in [5.41, 5.74) is -0.394. The number of alkyl halides is 3. The third-order valence-corrected chi connectivity index (χ3v) is 5.03. The Morgan fingerprint density at radius 3 is 2.56 bits per heavy atom. The Balaban J connectivity index is 1.93. The molecule has 0 saturated carbocycles. The van der Waals surface area contributed by atoms with Crippen molar-refractivity contribution in [3.05, 3.63) is 88.2 Å². The molecule has 0 amide bonds. The molecule has 0 aliphatic rings. The minimum absolute atomic E-state index is 0.0214. The van der Waals surface area contributed by atoms with Crippen LogP contribution in [0.1, 0.15) is 18.1 Å². The number of fused-ring (bicyclic) bond motifs is 1. The van der Waals surface area contributed by atoms with E-state index in [4.69, 9.17) is 9.47 Å². The van der Waals surface area contributed by atoms with Crippen LogP contribution in [-0.4, -0.2) is 29.6 Å². The van der Waals surface area contributed by atoms with Gasteiger partial charge in [-0.15, -0.1) is 0 Å². The molecule has 0 aliphatic heterocycles. The highest BCUT2D eigenvalue weighted by molar-refractivity contribution is 5.86. The Labute approximate surface area is 192 Å². The number of hydrogen-bond acceptors (Lipinski definition) is 5. The minimum Gasteiger partial charge on any atom is -0.493 e. The standard InChI is InChI=1S/C25H20F3N3O3/c1-3-34-22-17(9-7-13-21(22)33-2)15-29-31-23(16-8-6-10-18(14-16)25(26,27)28)30-20-12-5-4-11-19(20)24(31)32/h4-15H,3H2,1-2H3. The third-order valence-electron chi connectivity index (χ3n) is 5.03. The van der Waals surface area contributed by atoms with E-state index in [1.807, 2.05) is 6.92 Å². The average Bonchev–Trinajstić information content (AvgIpc) is 2.83. The molecule has 0 atom stereocenters. The molecule has 0 bridgehead atoms. The van der Waals surface area contributed by atoms with Crippen LogP contribution in [0.2, 0.25) is 0 Å². The highest BCUT2D eigenvalue weighted by Crippen LogP contribution is 2.32. The fourth-order valence-corrected chi connectivity index (χ4v) is 3.47. The molecule has 3 aromatic carbocycles. The van der Waals surface area contributed by atoms with Crippen molar-refractivity contribution in [1.82, 2.24) is 9.66 Å². The topological polar surface area (TPSA) is 65.7 Å². The van der Waals surface area contributed by atoms with Gasteiger partial charge in [0.05, 0.1) is 36.4 Å². The van der Waals surface area contributed by atoms with Gasteiger partial charge >= 0.3 is 6.18 Å². The van der Waals surface area contributed by atoms with Gasteiger partial charge in [-0.05, 0) is 43.3 Å². The maximum Gasteiger partial charge on any atom is 0.416 e. The van der Waals surface area contributed by atoms with Crippen LogP contribution in [0.15, 0.2) is 76.6 Å². The highest BCUT2D eigenvalue weighted by atomic mass is 19.4. The Bertz CT molecular complexity index is 1430. The van der Waals surface area contributed by atoms with Crippen LogP contribution < -0.4 is 15.0 Å². The van der Waals surface area contributed by atoms with Crippen molar-refractivity contribution < 1.29 is 22.6 Å². The van der Waals surface area contributed by atoms with Crippen molar-refractivity contribution >= 4 is 17.1 Å². The number of methoxy groups -OCH3 is 1. The molecule has 4 aromatic rings. The lowest BCUT2D eigenvalue weighted by Gasteiger charge is -2.13. The third kappa shape index (κ3) is 4.50. The number of rotatable bonds is 6. The van der Waals surface area contributed by atoms with E-state index in [1.54, 1.807) is 42.5 Å². The molecule has 0 unspecified atom stereocenters. The predicted octanol–water partition coefficient (Wildman–Crippen LogP) is 5.37. The molecule has 6 nitrogen and oxygen atoms in total. The van der Waals surface area contributed by atoms with Crippen molar-refractivity contribution in [2.45, 2.75) is 13.1 Å². The first-order chi connectivity index (χ1) is 16.3. The van der Waals surface area contributed by atoms with Gasteiger partial charge in [0, 0.05) is 11.1 Å². The molecule has 9 heteroatoms. The lowest BCUT2D eigenvalue weighted by Crippen LogP contribution is -2.20. The van der Waals surface area contributed by atoms with Gasteiger partial charge in [-0.25, -0.2) is 4.98 Å². The second-order valence-electron chi connectivity index (χ2n) is 7.20. The van der Waals surface area contributed by atoms with Gasteiger partial charge in [0.15, 0.2) is 17.3 Å². The summed E-state index contributed by atoms with van der Waals surface area (Å²) >= 11 is 0. The zero-order chi connectivity index (χ0) is 24.3. The summed E-state index contributed by atoms with van der Waals surface area (Å²) in [7, 11) is 1.50. The van der Waals surface area contributed by atoms with Gasteiger partial charge in [0.2, 0.25) is 0 Å². The van der Waals surface area contributed by atoms with E-state index in [9.17, 15) is 18.0 Å². The van der Waals surface area contributed by atoms with Crippen LogP contribution in [0.3, 0.4) is 0 Å². The second-order valence-corrected chi connectivity index (χ2v) is 7.20. The zero-order valence-corrected chi connectivity index (χ0v) is 18.3. The SMILES string of the molecule is CCOc1c(C=Nn2c(-c3cccc(C(F)(F)F)c3)nc3ccccc3c2=O)cccc1OC. The molecule has 0 spiro atoms. The van der Waals surface area contributed by atoms with E-state index < -0.39 is 17.3 Å². The molecule has 0 aliphatic carbocycles. The first kappa shape index (κ1) is 23.0. The number of para-hydroxylation sites is 2. The fourth-order valence-electron chi connectivity index (χ4n) is 3.47. The molecule has 34 heavy (non-hydrogen) atoms. The largest absolute Gasteiger partial charge is 0.493 e. The monoisotopic (exact) mass is 467 g/mol. The number of benzene rings is 3. The van der Waals surface area contributed by atoms with Crippen molar-refractivity contribution in [3.63, 3.8) is 0 Å². The maximum atomic E-state index is 13.3.